The van der Waals surface area contributed by atoms with E-state index in [9.17, 15) is 15.8 Å². The van der Waals surface area contributed by atoms with Crippen LogP contribution in [0.3, 0.4) is 0 Å². The molecule has 0 aliphatic carbocycles. The van der Waals surface area contributed by atoms with E-state index < -0.39 is 34.5 Å². The van der Waals surface area contributed by atoms with Crippen molar-refractivity contribution < 1.29 is 9.47 Å². The topological polar surface area (TPSA) is 127 Å². The molecule has 4 atom stereocenters. The Morgan fingerprint density at radius 3 is 2.28 bits per heavy atom. The Balaban J connectivity index is 2.08. The summed E-state index contributed by atoms with van der Waals surface area (Å²) in [6.07, 6.45) is 0.723. The smallest absolute Gasteiger partial charge is 0.244 e. The Kier molecular flexibility index (Phi) is 4.12. The molecule has 2 fully saturated rings. The molecule has 2 saturated heterocycles. The van der Waals surface area contributed by atoms with Gasteiger partial charge in [-0.15, -0.1) is 0 Å². The molecule has 2 aliphatic rings. The maximum atomic E-state index is 10.3. The van der Waals surface area contributed by atoms with E-state index in [1.54, 1.807) is 30.3 Å². The van der Waals surface area contributed by atoms with Crippen molar-refractivity contribution in [1.29, 1.82) is 21.2 Å². The second-order valence-electron chi connectivity index (χ2n) is 7.13. The van der Waals surface area contributed by atoms with Gasteiger partial charge >= 0.3 is 0 Å². The largest absolute Gasteiger partial charge is 0.443 e. The summed E-state index contributed by atoms with van der Waals surface area (Å²) in [4.78, 5) is 4.29. The number of pyridine rings is 1. The average molecular weight is 383 g/mol. The molecular weight excluding hydrogens is 366 g/mol. The molecule has 1 aromatic heterocycles. The summed E-state index contributed by atoms with van der Waals surface area (Å²) in [6, 6.07) is 20.3. The van der Waals surface area contributed by atoms with Crippen LogP contribution in [0.5, 0.6) is 0 Å². The van der Waals surface area contributed by atoms with E-state index in [-0.39, 0.29) is 0 Å². The van der Waals surface area contributed by atoms with E-state index >= 15 is 0 Å². The Bertz CT molecular complexity index is 1070. The molecule has 2 aromatic rings. The van der Waals surface area contributed by atoms with Gasteiger partial charge in [0.15, 0.2) is 5.41 Å². The molecule has 0 saturated carbocycles. The van der Waals surface area contributed by atoms with Crippen molar-refractivity contribution in [1.82, 2.24) is 4.98 Å². The lowest BCUT2D eigenvalue weighted by atomic mass is 9.53. The normalized spacial score (nSPS) is 31.7. The van der Waals surface area contributed by atoms with Crippen LogP contribution in [-0.4, -0.2) is 10.9 Å². The van der Waals surface area contributed by atoms with E-state index in [2.05, 4.69) is 11.1 Å². The number of ether oxygens (including phenoxy) is 2. The predicted octanol–water partition coefficient (Wildman–Crippen LogP) is 3.58. The number of hydrogen-bond donors (Lipinski definition) is 1. The Morgan fingerprint density at radius 1 is 1.03 bits per heavy atom. The molecule has 0 radical (unpaired) electrons. The summed E-state index contributed by atoms with van der Waals surface area (Å²) in [5, 5.41) is 39.3. The van der Waals surface area contributed by atoms with E-state index in [0.29, 0.717) is 17.7 Å². The highest BCUT2D eigenvalue weighted by Gasteiger charge is 2.80. The van der Waals surface area contributed by atoms with Gasteiger partial charge in [-0.1, -0.05) is 43.3 Å². The Labute approximate surface area is 168 Å². The summed E-state index contributed by atoms with van der Waals surface area (Å²) in [6.45, 7) is 1.83. The lowest BCUT2D eigenvalue weighted by molar-refractivity contribution is -0.293. The number of rotatable bonds is 3. The average Bonchev–Trinajstić information content (AvgIpc) is 2.99. The fourth-order valence-corrected chi connectivity index (χ4v) is 4.70. The molecule has 29 heavy (non-hydrogen) atoms. The maximum absolute atomic E-state index is 10.3. The fourth-order valence-electron chi connectivity index (χ4n) is 4.70. The van der Waals surface area contributed by atoms with Crippen LogP contribution >= 0.6 is 0 Å². The van der Waals surface area contributed by atoms with Crippen LogP contribution in [0.2, 0.25) is 0 Å². The Hall–Kier alpha value is -3.73. The van der Waals surface area contributed by atoms with Crippen molar-refractivity contribution in [3.63, 3.8) is 0 Å². The summed E-state index contributed by atoms with van der Waals surface area (Å²) in [5.74, 6) is -2.62. The minimum atomic E-state index is -2.00. The van der Waals surface area contributed by atoms with Gasteiger partial charge in [0.25, 0.3) is 0 Å². The van der Waals surface area contributed by atoms with E-state index in [0.717, 1.165) is 0 Å². The molecule has 2 aliphatic heterocycles. The van der Waals surface area contributed by atoms with Gasteiger partial charge in [0, 0.05) is 11.8 Å². The zero-order valence-corrected chi connectivity index (χ0v) is 15.7. The third kappa shape index (κ3) is 2.07. The van der Waals surface area contributed by atoms with E-state index in [1.165, 1.54) is 6.20 Å². The first kappa shape index (κ1) is 18.6. The minimum Gasteiger partial charge on any atom is -0.443 e. The minimum absolute atomic E-state index is 0.336. The third-order valence-electron chi connectivity index (χ3n) is 5.97. The van der Waals surface area contributed by atoms with Gasteiger partial charge in [-0.05, 0) is 18.6 Å². The van der Waals surface area contributed by atoms with E-state index in [4.69, 9.17) is 14.9 Å². The molecular formula is C22H17N5O2. The summed E-state index contributed by atoms with van der Waals surface area (Å²) < 4.78 is 12.4. The number of fused-ring (bicyclic) bond motifs is 2. The quantitative estimate of drug-likeness (QED) is 0.863. The standard InChI is InChI=1S/C22H17N5O2/c1-2-17-21(14-25)19(26)29-22(17,15-8-4-3-5-9-15)28-18(20(21,12-23)13-24)16-10-6-7-11-27-16/h3-11,17-18,26H,2H2,1H3. The lowest BCUT2D eigenvalue weighted by Gasteiger charge is -2.49. The first-order valence-corrected chi connectivity index (χ1v) is 9.22. The van der Waals surface area contributed by atoms with Gasteiger partial charge in [0.05, 0.1) is 29.8 Å². The zero-order valence-electron chi connectivity index (χ0n) is 15.7. The van der Waals surface area contributed by atoms with Gasteiger partial charge < -0.3 is 9.47 Å². The maximum Gasteiger partial charge on any atom is 0.244 e. The summed E-state index contributed by atoms with van der Waals surface area (Å²) in [5.41, 5.74) is -2.84. The molecule has 142 valence electrons. The third-order valence-corrected chi connectivity index (χ3v) is 5.97. The molecule has 2 bridgehead atoms. The van der Waals surface area contributed by atoms with Crippen LogP contribution in [0.4, 0.5) is 0 Å². The zero-order chi connectivity index (χ0) is 20.7. The summed E-state index contributed by atoms with van der Waals surface area (Å²) >= 11 is 0. The van der Waals surface area contributed by atoms with Gasteiger partial charge in [-0.3, -0.25) is 10.4 Å². The summed E-state index contributed by atoms with van der Waals surface area (Å²) in [7, 11) is 0. The molecule has 4 rings (SSSR count). The van der Waals surface area contributed by atoms with Crippen LogP contribution in [-0.2, 0) is 15.3 Å². The van der Waals surface area contributed by atoms with Crippen LogP contribution in [0.1, 0.15) is 30.7 Å². The van der Waals surface area contributed by atoms with Crippen molar-refractivity contribution in [2.24, 2.45) is 16.7 Å². The highest BCUT2D eigenvalue weighted by atomic mass is 16.7. The van der Waals surface area contributed by atoms with Crippen molar-refractivity contribution in [3.05, 3.63) is 66.0 Å². The van der Waals surface area contributed by atoms with Crippen molar-refractivity contribution in [2.45, 2.75) is 25.2 Å². The molecule has 1 aromatic carbocycles. The highest BCUT2D eigenvalue weighted by Crippen LogP contribution is 2.69. The predicted molar refractivity (Wildman–Crippen MR) is 100 cm³/mol. The van der Waals surface area contributed by atoms with Crippen molar-refractivity contribution in [3.8, 4) is 18.2 Å². The number of nitrogens with zero attached hydrogens (tertiary/aromatic N) is 4. The van der Waals surface area contributed by atoms with Crippen LogP contribution in [0.25, 0.3) is 0 Å². The molecule has 3 heterocycles. The number of hydrogen-bond acceptors (Lipinski definition) is 7. The number of nitriles is 3. The molecule has 0 spiro atoms. The van der Waals surface area contributed by atoms with Crippen LogP contribution in [0.15, 0.2) is 54.7 Å². The Morgan fingerprint density at radius 2 is 1.72 bits per heavy atom. The van der Waals surface area contributed by atoms with Crippen molar-refractivity contribution in [2.75, 3.05) is 0 Å². The first-order chi connectivity index (χ1) is 14.1. The highest BCUT2D eigenvalue weighted by molar-refractivity contribution is 5.89. The van der Waals surface area contributed by atoms with Crippen LogP contribution in [0, 0.1) is 56.2 Å². The number of benzene rings is 1. The van der Waals surface area contributed by atoms with Gasteiger partial charge in [0.2, 0.25) is 17.1 Å². The molecule has 1 N–H and O–H groups in total. The molecule has 4 unspecified atom stereocenters. The SMILES string of the molecule is CCC1C2(c3ccccc3)OC(=N)C1(C#N)C(C#N)(C#N)C(c1ccccn1)O2. The van der Waals surface area contributed by atoms with Crippen molar-refractivity contribution >= 4 is 5.90 Å². The monoisotopic (exact) mass is 383 g/mol. The molecule has 7 nitrogen and oxygen atoms in total. The first-order valence-electron chi connectivity index (χ1n) is 9.22. The van der Waals surface area contributed by atoms with Gasteiger partial charge in [0.1, 0.15) is 6.10 Å². The second-order valence-corrected chi connectivity index (χ2v) is 7.13. The number of nitrogens with one attached hydrogen (secondary N) is 1. The number of aromatic nitrogens is 1. The van der Waals surface area contributed by atoms with E-state index in [1.807, 2.05) is 37.3 Å². The van der Waals surface area contributed by atoms with Gasteiger partial charge in [-0.25, -0.2) is 0 Å². The fraction of sp³-hybridized carbons (Fsp3) is 0.318. The van der Waals surface area contributed by atoms with Gasteiger partial charge in [-0.2, -0.15) is 15.8 Å². The molecule has 0 amide bonds. The molecule has 7 heteroatoms. The van der Waals surface area contributed by atoms with Crippen LogP contribution < -0.4 is 0 Å². The second kappa shape index (κ2) is 6.41. The lowest BCUT2D eigenvalue weighted by Crippen LogP contribution is -2.58.